The van der Waals surface area contributed by atoms with Crippen molar-refractivity contribution < 1.29 is 14.3 Å². The lowest BCUT2D eigenvalue weighted by Crippen LogP contribution is -2.18. The number of methoxy groups -OCH3 is 1. The summed E-state index contributed by atoms with van der Waals surface area (Å²) in [7, 11) is 1.53. The third-order valence-electron chi connectivity index (χ3n) is 4.18. The Morgan fingerprint density at radius 2 is 1.79 bits per heavy atom. The molecule has 3 aromatic carbocycles. The van der Waals surface area contributed by atoms with Gasteiger partial charge >= 0.3 is 0 Å². The number of nitrogens with one attached hydrogen (secondary N) is 1. The van der Waals surface area contributed by atoms with Crippen molar-refractivity contribution in [3.8, 4) is 11.5 Å². The Morgan fingerprint density at radius 3 is 2.48 bits per heavy atom. The number of rotatable bonds is 7. The Labute approximate surface area is 174 Å². The maximum atomic E-state index is 12.3. The fourth-order valence-electron chi connectivity index (χ4n) is 2.61. The molecule has 0 atom stereocenters. The normalized spacial score (nSPS) is 10.7. The lowest BCUT2D eigenvalue weighted by molar-refractivity contribution is 0.0952. The maximum Gasteiger partial charge on any atom is 0.275 e. The van der Waals surface area contributed by atoms with E-state index in [0.717, 1.165) is 22.4 Å². The smallest absolute Gasteiger partial charge is 0.275 e. The van der Waals surface area contributed by atoms with Crippen molar-refractivity contribution in [3.63, 3.8) is 0 Å². The lowest BCUT2D eigenvalue weighted by atomic mass is 10.1. The highest BCUT2D eigenvalue weighted by atomic mass is 35.5. The first-order valence-electron chi connectivity index (χ1n) is 9.00. The molecule has 0 bridgehead atoms. The molecule has 29 heavy (non-hydrogen) atoms. The van der Waals surface area contributed by atoms with E-state index in [0.29, 0.717) is 22.9 Å². The van der Waals surface area contributed by atoms with Gasteiger partial charge in [0.1, 0.15) is 18.1 Å². The molecule has 0 spiro atoms. The van der Waals surface area contributed by atoms with E-state index in [1.54, 1.807) is 18.3 Å². The van der Waals surface area contributed by atoms with Crippen molar-refractivity contribution in [2.75, 3.05) is 7.11 Å². The van der Waals surface area contributed by atoms with Crippen LogP contribution >= 0.6 is 11.6 Å². The Balaban J connectivity index is 1.54. The van der Waals surface area contributed by atoms with Gasteiger partial charge in [0.2, 0.25) is 0 Å². The van der Waals surface area contributed by atoms with E-state index in [1.807, 2.05) is 61.5 Å². The van der Waals surface area contributed by atoms with E-state index < -0.39 is 0 Å². The van der Waals surface area contributed by atoms with E-state index in [1.165, 1.54) is 7.11 Å². The highest BCUT2D eigenvalue weighted by Crippen LogP contribution is 2.19. The van der Waals surface area contributed by atoms with Gasteiger partial charge in [-0.15, -0.1) is 0 Å². The van der Waals surface area contributed by atoms with Gasteiger partial charge in [0.25, 0.3) is 5.91 Å². The molecule has 1 amide bonds. The summed E-state index contributed by atoms with van der Waals surface area (Å²) in [6, 6.07) is 20.3. The van der Waals surface area contributed by atoms with Gasteiger partial charge in [0.05, 0.1) is 18.9 Å². The van der Waals surface area contributed by atoms with Crippen molar-refractivity contribution in [2.24, 2.45) is 5.10 Å². The zero-order chi connectivity index (χ0) is 20.6. The zero-order valence-electron chi connectivity index (χ0n) is 16.2. The molecular weight excluding hydrogens is 388 g/mol. The molecule has 0 unspecified atom stereocenters. The van der Waals surface area contributed by atoms with Gasteiger partial charge in [0, 0.05) is 5.02 Å². The maximum absolute atomic E-state index is 12.3. The van der Waals surface area contributed by atoms with Crippen molar-refractivity contribution >= 4 is 23.7 Å². The van der Waals surface area contributed by atoms with Gasteiger partial charge < -0.3 is 9.47 Å². The van der Waals surface area contributed by atoms with E-state index >= 15 is 0 Å². The number of ether oxygens (including phenoxy) is 2. The largest absolute Gasteiger partial charge is 0.496 e. The fraction of sp³-hybridized carbons (Fsp3) is 0.130. The van der Waals surface area contributed by atoms with Crippen LogP contribution in [-0.2, 0) is 6.61 Å². The molecule has 1 N–H and O–H groups in total. The highest BCUT2D eigenvalue weighted by Gasteiger charge is 2.11. The number of nitrogens with zero attached hydrogens (tertiary/aromatic N) is 1. The topological polar surface area (TPSA) is 59.9 Å². The van der Waals surface area contributed by atoms with Crippen molar-refractivity contribution in [1.29, 1.82) is 0 Å². The van der Waals surface area contributed by atoms with E-state index in [-0.39, 0.29) is 5.91 Å². The molecule has 0 saturated heterocycles. The van der Waals surface area contributed by atoms with Crippen LogP contribution < -0.4 is 14.9 Å². The van der Waals surface area contributed by atoms with Gasteiger partial charge in [-0.05, 0) is 72.1 Å². The zero-order valence-corrected chi connectivity index (χ0v) is 16.9. The molecule has 0 radical (unpaired) electrons. The average Bonchev–Trinajstić information content (AvgIpc) is 2.74. The van der Waals surface area contributed by atoms with Gasteiger partial charge in [0.15, 0.2) is 0 Å². The number of halogens is 1. The Hall–Kier alpha value is -3.31. The van der Waals surface area contributed by atoms with Crippen LogP contribution in [0.2, 0.25) is 5.02 Å². The standard InChI is InChI=1S/C23H21ClN2O3/c1-16-3-12-21(22(13-16)28-2)23(27)26-25-14-17-6-10-20(11-7-17)29-15-18-4-8-19(24)9-5-18/h3-14H,15H2,1-2H3,(H,26,27)/b25-14-. The quantitative estimate of drug-likeness (QED) is 0.442. The summed E-state index contributed by atoms with van der Waals surface area (Å²) in [5, 5.41) is 4.71. The molecule has 0 aliphatic carbocycles. The van der Waals surface area contributed by atoms with Crippen molar-refractivity contribution in [1.82, 2.24) is 5.43 Å². The second-order valence-corrected chi connectivity index (χ2v) is 6.82. The first-order chi connectivity index (χ1) is 14.0. The average molecular weight is 409 g/mol. The molecule has 3 rings (SSSR count). The fourth-order valence-corrected chi connectivity index (χ4v) is 2.74. The highest BCUT2D eigenvalue weighted by molar-refractivity contribution is 6.30. The number of benzene rings is 3. The summed E-state index contributed by atoms with van der Waals surface area (Å²) in [5.74, 6) is 0.923. The summed E-state index contributed by atoms with van der Waals surface area (Å²) in [6.45, 7) is 2.39. The Kier molecular flexibility index (Phi) is 6.87. The predicted octanol–water partition coefficient (Wildman–Crippen LogP) is 5.00. The molecule has 0 saturated carbocycles. The van der Waals surface area contributed by atoms with Crippen LogP contribution in [0.4, 0.5) is 0 Å². The molecule has 0 aliphatic rings. The number of hydrazone groups is 1. The summed E-state index contributed by atoms with van der Waals surface area (Å²) in [5.41, 5.74) is 5.83. The van der Waals surface area contributed by atoms with Crippen LogP contribution in [-0.4, -0.2) is 19.2 Å². The third kappa shape index (κ3) is 5.83. The van der Waals surface area contributed by atoms with Crippen LogP contribution in [0.15, 0.2) is 71.8 Å². The molecule has 148 valence electrons. The summed E-state index contributed by atoms with van der Waals surface area (Å²) in [4.78, 5) is 12.3. The van der Waals surface area contributed by atoms with E-state index in [4.69, 9.17) is 21.1 Å². The Bertz CT molecular complexity index is 1000. The number of hydrogen-bond donors (Lipinski definition) is 1. The number of aryl methyl sites for hydroxylation is 1. The molecule has 0 aromatic heterocycles. The number of carbonyl (C=O) groups is 1. The minimum atomic E-state index is -0.332. The molecule has 6 heteroatoms. The van der Waals surface area contributed by atoms with Gasteiger partial charge in [-0.25, -0.2) is 5.43 Å². The lowest BCUT2D eigenvalue weighted by Gasteiger charge is -2.08. The number of hydrogen-bond acceptors (Lipinski definition) is 4. The van der Waals surface area contributed by atoms with Gasteiger partial charge in [-0.1, -0.05) is 29.8 Å². The van der Waals surface area contributed by atoms with Crippen LogP contribution in [0.5, 0.6) is 11.5 Å². The second-order valence-electron chi connectivity index (χ2n) is 6.39. The van der Waals surface area contributed by atoms with Gasteiger partial charge in [-0.2, -0.15) is 5.10 Å². The first kappa shape index (κ1) is 20.4. The summed E-state index contributed by atoms with van der Waals surface area (Å²) < 4.78 is 11.0. The first-order valence-corrected chi connectivity index (χ1v) is 9.38. The number of amides is 1. The second kappa shape index (κ2) is 9.75. The molecular formula is C23H21ClN2O3. The minimum absolute atomic E-state index is 0.332. The third-order valence-corrected chi connectivity index (χ3v) is 4.43. The predicted molar refractivity (Wildman–Crippen MR) is 115 cm³/mol. The van der Waals surface area contributed by atoms with Crippen LogP contribution in [0.25, 0.3) is 0 Å². The van der Waals surface area contributed by atoms with Crippen molar-refractivity contribution in [2.45, 2.75) is 13.5 Å². The van der Waals surface area contributed by atoms with Gasteiger partial charge in [-0.3, -0.25) is 4.79 Å². The van der Waals surface area contributed by atoms with Crippen LogP contribution in [0.1, 0.15) is 27.0 Å². The minimum Gasteiger partial charge on any atom is -0.496 e. The molecule has 5 nitrogen and oxygen atoms in total. The molecule has 0 aliphatic heterocycles. The number of carbonyl (C=O) groups excluding carboxylic acids is 1. The summed E-state index contributed by atoms with van der Waals surface area (Å²) >= 11 is 5.88. The van der Waals surface area contributed by atoms with Crippen molar-refractivity contribution in [3.05, 3.63) is 94.0 Å². The summed E-state index contributed by atoms with van der Waals surface area (Å²) in [6.07, 6.45) is 1.57. The molecule has 0 heterocycles. The molecule has 3 aromatic rings. The monoisotopic (exact) mass is 408 g/mol. The SMILES string of the molecule is COc1cc(C)ccc1C(=O)N/N=C\c1ccc(OCc2ccc(Cl)cc2)cc1. The van der Waals surface area contributed by atoms with Crippen LogP contribution in [0, 0.1) is 6.92 Å². The Morgan fingerprint density at radius 1 is 1.07 bits per heavy atom. The van der Waals surface area contributed by atoms with E-state index in [2.05, 4.69) is 10.5 Å². The molecule has 0 fully saturated rings. The van der Waals surface area contributed by atoms with E-state index in [9.17, 15) is 4.79 Å². The van der Waals surface area contributed by atoms with Crippen LogP contribution in [0.3, 0.4) is 0 Å².